The van der Waals surface area contributed by atoms with Crippen molar-refractivity contribution < 1.29 is 23.8 Å². The van der Waals surface area contributed by atoms with Gasteiger partial charge in [-0.3, -0.25) is 9.59 Å². The van der Waals surface area contributed by atoms with Crippen LogP contribution in [0, 0.1) is 12.3 Å². The molecule has 1 atom stereocenters. The summed E-state index contributed by atoms with van der Waals surface area (Å²) in [4.78, 5) is 25.5. The molecule has 0 N–H and O–H groups in total. The van der Waals surface area contributed by atoms with Gasteiger partial charge in [-0.15, -0.1) is 0 Å². The molecule has 2 aromatic carbocycles. The van der Waals surface area contributed by atoms with Gasteiger partial charge < -0.3 is 14.2 Å². The second kappa shape index (κ2) is 6.59. The Kier molecular flexibility index (Phi) is 4.49. The molecule has 0 amide bonds. The Hall–Kier alpha value is -2.82. The Morgan fingerprint density at radius 2 is 1.64 bits per heavy atom. The van der Waals surface area contributed by atoms with E-state index in [4.69, 9.17) is 14.2 Å². The number of methoxy groups -OCH3 is 2. The van der Waals surface area contributed by atoms with Gasteiger partial charge in [-0.2, -0.15) is 0 Å². The van der Waals surface area contributed by atoms with Crippen LogP contribution in [0.1, 0.15) is 22.8 Å². The Balaban J connectivity index is 2.24. The zero-order valence-electron chi connectivity index (χ0n) is 14.4. The van der Waals surface area contributed by atoms with Gasteiger partial charge in [0.1, 0.15) is 5.75 Å². The van der Waals surface area contributed by atoms with Crippen LogP contribution in [0.2, 0.25) is 0 Å². The Labute approximate surface area is 146 Å². The number of hydrogen-bond donors (Lipinski definition) is 0. The Bertz CT molecular complexity index is 781. The molecule has 130 valence electrons. The molecule has 1 aliphatic rings. The maximum absolute atomic E-state index is 12.8. The fraction of sp³-hybridized carbons (Fsp3) is 0.300. The number of carbonyl (C=O) groups excluding carboxylic acids is 2. The second-order valence-electron chi connectivity index (χ2n) is 6.10. The van der Waals surface area contributed by atoms with Gasteiger partial charge in [0.05, 0.1) is 14.2 Å². The van der Waals surface area contributed by atoms with E-state index in [0.29, 0.717) is 11.3 Å². The predicted octanol–water partition coefficient (Wildman–Crippen LogP) is 3.00. The van der Waals surface area contributed by atoms with Crippen molar-refractivity contribution in [1.82, 2.24) is 0 Å². The fourth-order valence-electron chi connectivity index (χ4n) is 3.42. The summed E-state index contributed by atoms with van der Waals surface area (Å²) in [6.45, 7) is 1.93. The summed E-state index contributed by atoms with van der Waals surface area (Å²) in [5.41, 5.74) is 0.850. The summed E-state index contributed by atoms with van der Waals surface area (Å²) in [5.74, 6) is -0.638. The first-order chi connectivity index (χ1) is 12.0. The molecule has 25 heavy (non-hydrogen) atoms. The highest BCUT2D eigenvalue weighted by atomic mass is 16.6. The van der Waals surface area contributed by atoms with E-state index in [1.165, 1.54) is 14.2 Å². The highest BCUT2D eigenvalue weighted by Crippen LogP contribution is 2.49. The smallest absolute Gasteiger partial charge is 0.327 e. The van der Waals surface area contributed by atoms with E-state index < -0.39 is 23.5 Å². The fourth-order valence-corrected chi connectivity index (χ4v) is 3.42. The Morgan fingerprint density at radius 3 is 2.24 bits per heavy atom. The highest BCUT2D eigenvalue weighted by molar-refractivity contribution is 6.01. The van der Waals surface area contributed by atoms with Crippen LogP contribution in [0.25, 0.3) is 0 Å². The summed E-state index contributed by atoms with van der Waals surface area (Å²) in [5, 5.41) is 0. The van der Waals surface area contributed by atoms with Crippen LogP contribution < -0.4 is 4.74 Å². The second-order valence-corrected chi connectivity index (χ2v) is 6.10. The Morgan fingerprint density at radius 1 is 1.00 bits per heavy atom. The molecule has 0 radical (unpaired) electrons. The molecule has 1 aliphatic heterocycles. The van der Waals surface area contributed by atoms with Crippen molar-refractivity contribution >= 4 is 11.9 Å². The first-order valence-corrected chi connectivity index (χ1v) is 8.01. The third-order valence-electron chi connectivity index (χ3n) is 4.65. The number of esters is 2. The number of rotatable bonds is 3. The van der Waals surface area contributed by atoms with E-state index in [-0.39, 0.29) is 6.42 Å². The van der Waals surface area contributed by atoms with Crippen molar-refractivity contribution in [3.05, 3.63) is 65.2 Å². The lowest BCUT2D eigenvalue weighted by molar-refractivity contribution is -0.179. The van der Waals surface area contributed by atoms with Crippen LogP contribution in [0.4, 0.5) is 0 Å². The maximum Gasteiger partial charge on any atom is 0.327 e. The zero-order chi connectivity index (χ0) is 18.0. The summed E-state index contributed by atoms with van der Waals surface area (Å²) in [6.07, 6.45) is -0.676. The quantitative estimate of drug-likeness (QED) is 0.635. The average Bonchev–Trinajstić information content (AvgIpc) is 2.66. The van der Waals surface area contributed by atoms with Gasteiger partial charge in [-0.1, -0.05) is 48.5 Å². The van der Waals surface area contributed by atoms with E-state index in [1.807, 2.05) is 55.5 Å². The monoisotopic (exact) mass is 340 g/mol. The molecule has 0 aliphatic carbocycles. The van der Waals surface area contributed by atoms with Crippen LogP contribution in [0.3, 0.4) is 0 Å². The lowest BCUT2D eigenvalue weighted by atomic mass is 9.72. The highest BCUT2D eigenvalue weighted by Gasteiger charge is 2.59. The molecule has 3 rings (SSSR count). The van der Waals surface area contributed by atoms with Gasteiger partial charge in [0.25, 0.3) is 0 Å². The summed E-state index contributed by atoms with van der Waals surface area (Å²) < 4.78 is 16.2. The van der Waals surface area contributed by atoms with Gasteiger partial charge in [-0.05, 0) is 23.6 Å². The first-order valence-electron chi connectivity index (χ1n) is 8.01. The van der Waals surface area contributed by atoms with E-state index in [1.54, 1.807) is 0 Å². The van der Waals surface area contributed by atoms with Gasteiger partial charge in [0, 0.05) is 6.42 Å². The van der Waals surface area contributed by atoms with Crippen LogP contribution in [0.15, 0.2) is 48.5 Å². The average molecular weight is 340 g/mol. The molecule has 5 heteroatoms. The van der Waals surface area contributed by atoms with Crippen molar-refractivity contribution in [2.75, 3.05) is 14.2 Å². The summed E-state index contributed by atoms with van der Waals surface area (Å²) in [6, 6.07) is 14.9. The van der Waals surface area contributed by atoms with Gasteiger partial charge >= 0.3 is 11.9 Å². The minimum Gasteiger partial charge on any atom is -0.483 e. The third kappa shape index (κ3) is 2.65. The van der Waals surface area contributed by atoms with Gasteiger partial charge in [0.2, 0.25) is 5.41 Å². The molecular formula is C20H20O5. The first kappa shape index (κ1) is 17.0. The van der Waals surface area contributed by atoms with Gasteiger partial charge in [0.15, 0.2) is 6.10 Å². The van der Waals surface area contributed by atoms with E-state index in [0.717, 1.165) is 11.1 Å². The van der Waals surface area contributed by atoms with E-state index in [9.17, 15) is 9.59 Å². The molecule has 0 saturated carbocycles. The molecule has 0 bridgehead atoms. The van der Waals surface area contributed by atoms with E-state index >= 15 is 0 Å². The molecule has 1 unspecified atom stereocenters. The van der Waals surface area contributed by atoms with Crippen LogP contribution in [0.5, 0.6) is 5.75 Å². The minimum absolute atomic E-state index is 0.156. The lowest BCUT2D eigenvalue weighted by Gasteiger charge is -2.40. The molecule has 0 aromatic heterocycles. The molecule has 0 fully saturated rings. The van der Waals surface area contributed by atoms with Crippen molar-refractivity contribution in [2.24, 2.45) is 5.41 Å². The molecule has 5 nitrogen and oxygen atoms in total. The van der Waals surface area contributed by atoms with Crippen LogP contribution in [-0.2, 0) is 25.5 Å². The van der Waals surface area contributed by atoms with Crippen molar-refractivity contribution in [1.29, 1.82) is 0 Å². The topological polar surface area (TPSA) is 61.8 Å². The normalized spacial score (nSPS) is 17.8. The van der Waals surface area contributed by atoms with Crippen LogP contribution >= 0.6 is 0 Å². The maximum atomic E-state index is 12.8. The minimum atomic E-state index is -1.59. The number of ether oxygens (including phenoxy) is 3. The summed E-state index contributed by atoms with van der Waals surface area (Å²) in [7, 11) is 2.53. The molecular weight excluding hydrogens is 320 g/mol. The predicted molar refractivity (Wildman–Crippen MR) is 91.2 cm³/mol. The zero-order valence-corrected chi connectivity index (χ0v) is 14.4. The molecule has 0 spiro atoms. The van der Waals surface area contributed by atoms with Crippen molar-refractivity contribution in [3.8, 4) is 5.75 Å². The number of benzene rings is 2. The number of aryl methyl sites for hydroxylation is 1. The number of hydrogen-bond acceptors (Lipinski definition) is 5. The van der Waals surface area contributed by atoms with Crippen LogP contribution in [-0.4, -0.2) is 26.2 Å². The standard InChI is InChI=1S/C20H20O5/c1-13-8-7-11-15-12-20(18(21)23-2,19(22)24-3)17(25-16(13)15)14-9-5-4-6-10-14/h4-11,17H,12H2,1-3H3. The largest absolute Gasteiger partial charge is 0.483 e. The third-order valence-corrected chi connectivity index (χ3v) is 4.65. The van der Waals surface area contributed by atoms with Gasteiger partial charge in [-0.25, -0.2) is 0 Å². The SMILES string of the molecule is COC(=O)C1(C(=O)OC)Cc2cccc(C)c2OC1c1ccccc1. The number of para-hydroxylation sites is 1. The van der Waals surface area contributed by atoms with E-state index in [2.05, 4.69) is 0 Å². The molecule has 0 saturated heterocycles. The van der Waals surface area contributed by atoms with Crippen molar-refractivity contribution in [2.45, 2.75) is 19.4 Å². The number of carbonyl (C=O) groups is 2. The number of fused-ring (bicyclic) bond motifs is 1. The molecule has 1 heterocycles. The van der Waals surface area contributed by atoms with Crippen molar-refractivity contribution in [3.63, 3.8) is 0 Å². The lowest BCUT2D eigenvalue weighted by Crippen LogP contribution is -2.51. The summed E-state index contributed by atoms with van der Waals surface area (Å²) >= 11 is 0. The molecule has 2 aromatic rings.